The van der Waals surface area contributed by atoms with Gasteiger partial charge < -0.3 is 4.74 Å². The van der Waals surface area contributed by atoms with E-state index in [-0.39, 0.29) is 22.6 Å². The fourth-order valence-electron chi connectivity index (χ4n) is 4.16. The van der Waals surface area contributed by atoms with Crippen LogP contribution in [0.15, 0.2) is 18.2 Å². The Hall–Kier alpha value is -1.94. The molecule has 0 atom stereocenters. The smallest absolute Gasteiger partial charge is 0.338 e. The van der Waals surface area contributed by atoms with Crippen LogP contribution in [0.2, 0.25) is 0 Å². The van der Waals surface area contributed by atoms with Crippen molar-refractivity contribution in [1.82, 2.24) is 0 Å². The van der Waals surface area contributed by atoms with E-state index in [0.717, 1.165) is 28.8 Å². The topological polar surface area (TPSA) is 43.4 Å². The third-order valence-electron chi connectivity index (χ3n) is 5.91. The maximum Gasteiger partial charge on any atom is 0.338 e. The van der Waals surface area contributed by atoms with Gasteiger partial charge in [0.2, 0.25) is 5.78 Å². The number of ether oxygens (including phenoxy) is 1. The summed E-state index contributed by atoms with van der Waals surface area (Å²) in [6, 6.07) is 5.21. The van der Waals surface area contributed by atoms with E-state index in [2.05, 4.69) is 34.6 Å². The van der Waals surface area contributed by atoms with E-state index >= 15 is 0 Å². The van der Waals surface area contributed by atoms with Crippen molar-refractivity contribution in [2.75, 3.05) is 7.11 Å². The SMILES string of the molecule is COC(=O)c1ccc(C(=O)c2sc3c(c2C)C(C)(C)CCC3(C)C)cc1C. The van der Waals surface area contributed by atoms with Gasteiger partial charge in [-0.1, -0.05) is 33.8 Å². The summed E-state index contributed by atoms with van der Waals surface area (Å²) in [5.74, 6) is -0.337. The third kappa shape index (κ3) is 3.25. The zero-order chi connectivity index (χ0) is 20.1. The minimum atomic E-state index is -0.377. The first-order chi connectivity index (χ1) is 12.5. The molecule has 1 heterocycles. The predicted octanol–water partition coefficient (Wildman–Crippen LogP) is 5.73. The Morgan fingerprint density at radius 3 is 2.22 bits per heavy atom. The summed E-state index contributed by atoms with van der Waals surface area (Å²) < 4.78 is 4.80. The summed E-state index contributed by atoms with van der Waals surface area (Å²) in [6.45, 7) is 13.0. The quantitative estimate of drug-likeness (QED) is 0.501. The lowest BCUT2D eigenvalue weighted by Gasteiger charge is -2.39. The number of carbonyl (C=O) groups is 2. The first-order valence-electron chi connectivity index (χ1n) is 9.37. The van der Waals surface area contributed by atoms with Crippen LogP contribution in [0, 0.1) is 13.8 Å². The molecule has 0 bridgehead atoms. The lowest BCUT2D eigenvalue weighted by Crippen LogP contribution is -2.32. The summed E-state index contributed by atoms with van der Waals surface area (Å²) in [7, 11) is 1.36. The summed E-state index contributed by atoms with van der Waals surface area (Å²) in [5.41, 5.74) is 4.55. The van der Waals surface area contributed by atoms with E-state index in [1.807, 2.05) is 6.92 Å². The Bertz CT molecular complexity index is 931. The van der Waals surface area contributed by atoms with Crippen molar-refractivity contribution in [3.8, 4) is 0 Å². The predicted molar refractivity (Wildman–Crippen MR) is 110 cm³/mol. The molecule has 3 nitrogen and oxygen atoms in total. The summed E-state index contributed by atoms with van der Waals surface area (Å²) in [6.07, 6.45) is 2.26. The Labute approximate surface area is 165 Å². The van der Waals surface area contributed by atoms with Gasteiger partial charge in [0.25, 0.3) is 0 Å². The molecule has 0 saturated carbocycles. The largest absolute Gasteiger partial charge is 0.465 e. The number of benzene rings is 1. The lowest BCUT2D eigenvalue weighted by atomic mass is 9.66. The molecule has 144 valence electrons. The summed E-state index contributed by atoms with van der Waals surface area (Å²) in [5, 5.41) is 0. The van der Waals surface area contributed by atoms with Crippen LogP contribution in [0.5, 0.6) is 0 Å². The Morgan fingerprint density at radius 2 is 1.67 bits per heavy atom. The van der Waals surface area contributed by atoms with Gasteiger partial charge in [-0.3, -0.25) is 4.79 Å². The van der Waals surface area contributed by atoms with Crippen molar-refractivity contribution in [2.45, 2.75) is 65.2 Å². The number of esters is 1. The molecular formula is C23H28O3S. The second-order valence-corrected chi connectivity index (χ2v) is 9.90. The van der Waals surface area contributed by atoms with E-state index in [1.54, 1.807) is 29.5 Å². The van der Waals surface area contributed by atoms with Gasteiger partial charge in [-0.2, -0.15) is 0 Å². The van der Waals surface area contributed by atoms with Crippen LogP contribution in [-0.4, -0.2) is 18.9 Å². The highest BCUT2D eigenvalue weighted by atomic mass is 32.1. The molecule has 1 aromatic carbocycles. The Balaban J connectivity index is 2.08. The highest BCUT2D eigenvalue weighted by Gasteiger charge is 2.41. The number of methoxy groups -OCH3 is 1. The van der Waals surface area contributed by atoms with Crippen molar-refractivity contribution >= 4 is 23.1 Å². The average molecular weight is 385 g/mol. The second-order valence-electron chi connectivity index (χ2n) is 8.88. The molecule has 2 aromatic rings. The minimum absolute atomic E-state index is 0.0398. The highest BCUT2D eigenvalue weighted by Crippen LogP contribution is 2.51. The van der Waals surface area contributed by atoms with Crippen molar-refractivity contribution in [3.05, 3.63) is 55.8 Å². The number of carbonyl (C=O) groups excluding carboxylic acids is 2. The van der Waals surface area contributed by atoms with Crippen LogP contribution < -0.4 is 0 Å². The van der Waals surface area contributed by atoms with Crippen LogP contribution in [0.25, 0.3) is 0 Å². The molecule has 1 aliphatic rings. The fourth-order valence-corrected chi connectivity index (χ4v) is 5.74. The standard InChI is InChI=1S/C23H28O3S/c1-13-12-15(8-9-16(13)21(25)26-7)18(24)19-14(2)17-20(27-19)23(5,6)11-10-22(17,3)4/h8-9,12H,10-11H2,1-7H3. The number of thiophene rings is 1. The van der Waals surface area contributed by atoms with Gasteiger partial charge >= 0.3 is 5.97 Å². The normalized spacial score (nSPS) is 17.3. The molecule has 0 N–H and O–H groups in total. The maximum atomic E-state index is 13.3. The maximum absolute atomic E-state index is 13.3. The Kier molecular flexibility index (Phi) is 4.84. The molecule has 0 aliphatic heterocycles. The number of hydrogen-bond acceptors (Lipinski definition) is 4. The first kappa shape index (κ1) is 19.8. The molecule has 0 saturated heterocycles. The van der Waals surface area contributed by atoms with E-state index in [4.69, 9.17) is 4.74 Å². The van der Waals surface area contributed by atoms with Gasteiger partial charge in [0, 0.05) is 10.4 Å². The van der Waals surface area contributed by atoms with Gasteiger partial charge in [0.05, 0.1) is 17.6 Å². The van der Waals surface area contributed by atoms with Crippen LogP contribution in [0.1, 0.15) is 87.7 Å². The van der Waals surface area contributed by atoms with Crippen molar-refractivity contribution in [2.24, 2.45) is 0 Å². The number of hydrogen-bond donors (Lipinski definition) is 0. The van der Waals surface area contributed by atoms with Crippen LogP contribution in [0.4, 0.5) is 0 Å². The Morgan fingerprint density at radius 1 is 1.04 bits per heavy atom. The zero-order valence-corrected chi connectivity index (χ0v) is 18.1. The molecule has 3 rings (SSSR count). The molecule has 1 aliphatic carbocycles. The fraction of sp³-hybridized carbons (Fsp3) is 0.478. The third-order valence-corrected chi connectivity index (χ3v) is 7.57. The summed E-state index contributed by atoms with van der Waals surface area (Å²) in [4.78, 5) is 27.3. The van der Waals surface area contributed by atoms with Gasteiger partial charge in [-0.25, -0.2) is 4.79 Å². The molecule has 0 radical (unpaired) electrons. The molecule has 1 aromatic heterocycles. The van der Waals surface area contributed by atoms with Crippen molar-refractivity contribution in [1.29, 1.82) is 0 Å². The molecule has 0 fully saturated rings. The van der Waals surface area contributed by atoms with Gasteiger partial charge in [-0.15, -0.1) is 11.3 Å². The van der Waals surface area contributed by atoms with E-state index < -0.39 is 0 Å². The second kappa shape index (κ2) is 6.59. The minimum Gasteiger partial charge on any atom is -0.465 e. The molecular weight excluding hydrogens is 356 g/mol. The molecule has 4 heteroatoms. The van der Waals surface area contributed by atoms with Gasteiger partial charge in [0.15, 0.2) is 0 Å². The van der Waals surface area contributed by atoms with Crippen LogP contribution in [-0.2, 0) is 15.6 Å². The van der Waals surface area contributed by atoms with Crippen molar-refractivity contribution in [3.63, 3.8) is 0 Å². The van der Waals surface area contributed by atoms with E-state index in [9.17, 15) is 9.59 Å². The molecule has 0 unspecified atom stereocenters. The number of rotatable bonds is 3. The molecule has 0 spiro atoms. The number of fused-ring (bicyclic) bond motifs is 1. The first-order valence-corrected chi connectivity index (χ1v) is 10.2. The zero-order valence-electron chi connectivity index (χ0n) is 17.3. The van der Waals surface area contributed by atoms with E-state index in [0.29, 0.717) is 11.1 Å². The monoisotopic (exact) mass is 384 g/mol. The van der Waals surface area contributed by atoms with Crippen molar-refractivity contribution < 1.29 is 14.3 Å². The van der Waals surface area contributed by atoms with Crippen LogP contribution >= 0.6 is 11.3 Å². The molecule has 27 heavy (non-hydrogen) atoms. The van der Waals surface area contributed by atoms with Gasteiger partial charge in [0.1, 0.15) is 0 Å². The van der Waals surface area contributed by atoms with E-state index in [1.165, 1.54) is 17.6 Å². The molecule has 0 amide bonds. The van der Waals surface area contributed by atoms with Crippen LogP contribution in [0.3, 0.4) is 0 Å². The number of aryl methyl sites for hydroxylation is 1. The lowest BCUT2D eigenvalue weighted by molar-refractivity contribution is 0.0599. The summed E-state index contributed by atoms with van der Waals surface area (Å²) >= 11 is 1.65. The average Bonchev–Trinajstić information content (AvgIpc) is 2.97. The highest BCUT2D eigenvalue weighted by molar-refractivity contribution is 7.14. The number of ketones is 1. The van der Waals surface area contributed by atoms with Gasteiger partial charge in [-0.05, 0) is 66.3 Å².